The third kappa shape index (κ3) is 5.51. The second-order valence-electron chi connectivity index (χ2n) is 8.47. The van der Waals surface area contributed by atoms with Crippen molar-refractivity contribution in [1.82, 2.24) is 10.6 Å². The van der Waals surface area contributed by atoms with Gasteiger partial charge in [-0.15, -0.1) is 0 Å². The van der Waals surface area contributed by atoms with Crippen molar-refractivity contribution in [3.05, 3.63) is 95.1 Å². The van der Waals surface area contributed by atoms with E-state index >= 15 is 0 Å². The van der Waals surface area contributed by atoms with Crippen molar-refractivity contribution < 1.29 is 24.2 Å². The van der Waals surface area contributed by atoms with Crippen LogP contribution in [0.1, 0.15) is 46.3 Å². The predicted octanol–water partition coefficient (Wildman–Crippen LogP) is 4.36. The number of alkyl carbamates (subject to hydrolysis) is 1. The lowest BCUT2D eigenvalue weighted by atomic mass is 9.98. The molecule has 35 heavy (non-hydrogen) atoms. The summed E-state index contributed by atoms with van der Waals surface area (Å²) in [5.41, 5.74) is 5.69. The van der Waals surface area contributed by atoms with Crippen LogP contribution in [0.3, 0.4) is 0 Å². The van der Waals surface area contributed by atoms with Crippen LogP contribution in [0.4, 0.5) is 4.79 Å². The molecular formula is C28H28N2O5. The topological polar surface area (TPSA) is 105 Å². The van der Waals surface area contributed by atoms with Gasteiger partial charge in [0.2, 0.25) is 5.91 Å². The van der Waals surface area contributed by atoms with Crippen LogP contribution in [0.25, 0.3) is 11.1 Å². The van der Waals surface area contributed by atoms with E-state index in [-0.39, 0.29) is 24.0 Å². The van der Waals surface area contributed by atoms with Crippen LogP contribution in [0, 0.1) is 0 Å². The van der Waals surface area contributed by atoms with Gasteiger partial charge in [-0.05, 0) is 52.8 Å². The number of rotatable bonds is 9. The number of carbonyl (C=O) groups excluding carboxylic acids is 2. The number of aromatic carboxylic acids is 1. The maximum atomic E-state index is 12.6. The number of amides is 2. The zero-order valence-electron chi connectivity index (χ0n) is 19.5. The van der Waals surface area contributed by atoms with E-state index in [2.05, 4.69) is 34.9 Å². The van der Waals surface area contributed by atoms with Crippen LogP contribution in [0.15, 0.2) is 72.8 Å². The van der Waals surface area contributed by atoms with Gasteiger partial charge < -0.3 is 20.5 Å². The first-order valence-electron chi connectivity index (χ1n) is 11.7. The smallest absolute Gasteiger partial charge is 0.407 e. The van der Waals surface area contributed by atoms with E-state index in [0.717, 1.165) is 27.8 Å². The first-order chi connectivity index (χ1) is 17.0. The fourth-order valence-corrected chi connectivity index (χ4v) is 4.40. The largest absolute Gasteiger partial charge is 0.478 e. The number of ether oxygens (including phenoxy) is 1. The van der Waals surface area contributed by atoms with Crippen molar-refractivity contribution in [2.75, 3.05) is 13.2 Å². The van der Waals surface area contributed by atoms with Gasteiger partial charge in [0.1, 0.15) is 12.6 Å². The molecule has 0 saturated heterocycles. The zero-order chi connectivity index (χ0) is 24.8. The van der Waals surface area contributed by atoms with E-state index in [1.165, 1.54) is 12.1 Å². The molecule has 180 valence electrons. The van der Waals surface area contributed by atoms with Crippen LogP contribution >= 0.6 is 0 Å². The Morgan fingerprint density at radius 1 is 0.914 bits per heavy atom. The first kappa shape index (κ1) is 24.0. The summed E-state index contributed by atoms with van der Waals surface area (Å²) >= 11 is 0. The lowest BCUT2D eigenvalue weighted by Gasteiger charge is -2.18. The standard InChI is InChI=1S/C28H28N2O5/c1-2-25(26(31)29-16-15-18-11-13-19(14-12-18)27(32)33)30-28(34)35-17-24-22-9-5-3-7-20(22)21-8-4-6-10-23(21)24/h3-14,24-25H,2,15-17H2,1H3,(H,29,31)(H,30,34)(H,32,33)/t25-/m1/s1. The first-order valence-corrected chi connectivity index (χ1v) is 11.7. The maximum Gasteiger partial charge on any atom is 0.407 e. The normalized spacial score (nSPS) is 12.8. The molecule has 0 aromatic heterocycles. The van der Waals surface area contributed by atoms with Crippen LogP contribution in [-0.2, 0) is 16.0 Å². The molecule has 7 nitrogen and oxygen atoms in total. The summed E-state index contributed by atoms with van der Waals surface area (Å²) in [6.07, 6.45) is 0.342. The van der Waals surface area contributed by atoms with Crippen molar-refractivity contribution in [2.24, 2.45) is 0 Å². The fraction of sp³-hybridized carbons (Fsp3) is 0.250. The summed E-state index contributed by atoms with van der Waals surface area (Å²) in [6.45, 7) is 2.37. The number of hydrogen-bond donors (Lipinski definition) is 3. The summed E-state index contributed by atoms with van der Waals surface area (Å²) < 4.78 is 5.55. The minimum absolute atomic E-state index is 0.0467. The van der Waals surface area contributed by atoms with Crippen molar-refractivity contribution in [2.45, 2.75) is 31.7 Å². The average molecular weight is 473 g/mol. The molecule has 0 radical (unpaired) electrons. The molecule has 0 fully saturated rings. The molecule has 1 aliphatic rings. The molecule has 3 aromatic carbocycles. The molecule has 3 N–H and O–H groups in total. The molecule has 0 bridgehead atoms. The Hall–Kier alpha value is -4.13. The van der Waals surface area contributed by atoms with Gasteiger partial charge in [-0.3, -0.25) is 4.79 Å². The SMILES string of the molecule is CC[C@@H](NC(=O)OCC1c2ccccc2-c2ccccc21)C(=O)NCCc1ccc(C(=O)O)cc1. The van der Waals surface area contributed by atoms with Crippen LogP contribution in [0.5, 0.6) is 0 Å². The number of fused-ring (bicyclic) bond motifs is 3. The lowest BCUT2D eigenvalue weighted by Crippen LogP contribution is -2.47. The highest BCUT2D eigenvalue weighted by Gasteiger charge is 2.29. The number of hydrogen-bond acceptors (Lipinski definition) is 4. The number of carboxylic acids is 1. The average Bonchev–Trinajstić information content (AvgIpc) is 3.20. The minimum atomic E-state index is -0.977. The summed E-state index contributed by atoms with van der Waals surface area (Å²) in [7, 11) is 0. The van der Waals surface area contributed by atoms with Gasteiger partial charge in [0.05, 0.1) is 5.56 Å². The monoisotopic (exact) mass is 472 g/mol. The maximum absolute atomic E-state index is 12.6. The third-order valence-corrected chi connectivity index (χ3v) is 6.27. The quantitative estimate of drug-likeness (QED) is 0.429. The van der Waals surface area contributed by atoms with Gasteiger partial charge in [0, 0.05) is 12.5 Å². The fourth-order valence-electron chi connectivity index (χ4n) is 4.40. The van der Waals surface area contributed by atoms with Gasteiger partial charge in [0.25, 0.3) is 0 Å². The molecule has 0 aliphatic heterocycles. The Kier molecular flexibility index (Phi) is 7.45. The summed E-state index contributed by atoms with van der Waals surface area (Å²) in [5, 5.41) is 14.5. The molecule has 2 amide bonds. The van der Waals surface area contributed by atoms with E-state index in [1.807, 2.05) is 31.2 Å². The highest BCUT2D eigenvalue weighted by atomic mass is 16.5. The van der Waals surface area contributed by atoms with E-state index < -0.39 is 18.1 Å². The lowest BCUT2D eigenvalue weighted by molar-refractivity contribution is -0.123. The molecule has 1 aliphatic carbocycles. The second-order valence-corrected chi connectivity index (χ2v) is 8.47. The Bertz CT molecular complexity index is 1180. The molecule has 0 heterocycles. The van der Waals surface area contributed by atoms with Gasteiger partial charge in [-0.2, -0.15) is 0 Å². The molecule has 0 spiro atoms. The van der Waals surface area contributed by atoms with E-state index in [0.29, 0.717) is 19.4 Å². The van der Waals surface area contributed by atoms with E-state index in [4.69, 9.17) is 9.84 Å². The van der Waals surface area contributed by atoms with Gasteiger partial charge in [0.15, 0.2) is 0 Å². The molecule has 1 atom stereocenters. The van der Waals surface area contributed by atoms with Crippen LogP contribution in [0.2, 0.25) is 0 Å². The number of benzene rings is 3. The summed E-state index contributed by atoms with van der Waals surface area (Å²) in [5.74, 6) is -1.31. The molecule has 0 saturated carbocycles. The molecule has 7 heteroatoms. The number of carboxylic acid groups (broad SMARTS) is 1. The number of nitrogens with one attached hydrogen (secondary N) is 2. The van der Waals surface area contributed by atoms with Crippen molar-refractivity contribution in [3.63, 3.8) is 0 Å². The highest BCUT2D eigenvalue weighted by molar-refractivity contribution is 5.87. The number of carbonyl (C=O) groups is 3. The molecule has 3 aromatic rings. The summed E-state index contributed by atoms with van der Waals surface area (Å²) in [6, 6.07) is 22.0. The van der Waals surface area contributed by atoms with Gasteiger partial charge in [-0.25, -0.2) is 9.59 Å². The second kappa shape index (κ2) is 10.9. The summed E-state index contributed by atoms with van der Waals surface area (Å²) in [4.78, 5) is 36.0. The van der Waals surface area contributed by atoms with Crippen molar-refractivity contribution in [3.8, 4) is 11.1 Å². The highest BCUT2D eigenvalue weighted by Crippen LogP contribution is 2.44. The van der Waals surface area contributed by atoms with E-state index in [1.54, 1.807) is 12.1 Å². The third-order valence-electron chi connectivity index (χ3n) is 6.27. The van der Waals surface area contributed by atoms with Crippen molar-refractivity contribution >= 4 is 18.0 Å². The van der Waals surface area contributed by atoms with Crippen LogP contribution < -0.4 is 10.6 Å². The molecule has 0 unspecified atom stereocenters. The Morgan fingerprint density at radius 2 is 1.51 bits per heavy atom. The molecule has 4 rings (SSSR count). The Balaban J connectivity index is 1.28. The van der Waals surface area contributed by atoms with Gasteiger partial charge >= 0.3 is 12.1 Å². The Labute approximate surface area is 204 Å². The zero-order valence-corrected chi connectivity index (χ0v) is 19.5. The van der Waals surface area contributed by atoms with Gasteiger partial charge in [-0.1, -0.05) is 67.6 Å². The van der Waals surface area contributed by atoms with Crippen molar-refractivity contribution in [1.29, 1.82) is 0 Å². The van der Waals surface area contributed by atoms with E-state index in [9.17, 15) is 14.4 Å². The minimum Gasteiger partial charge on any atom is -0.478 e. The van der Waals surface area contributed by atoms with Crippen LogP contribution in [-0.4, -0.2) is 42.3 Å². The predicted molar refractivity (Wildman–Crippen MR) is 132 cm³/mol. The molecular weight excluding hydrogens is 444 g/mol. The Morgan fingerprint density at radius 3 is 2.09 bits per heavy atom.